The van der Waals surface area contributed by atoms with Crippen molar-refractivity contribution in [1.29, 1.82) is 0 Å². The highest BCUT2D eigenvalue weighted by atomic mass is 16.5. The minimum Gasteiger partial charge on any atom is -0.497 e. The highest BCUT2D eigenvalue weighted by Gasteiger charge is 2.56. The third-order valence-electron chi connectivity index (χ3n) is 9.32. The van der Waals surface area contributed by atoms with Crippen LogP contribution in [-0.2, 0) is 0 Å². The Balaban J connectivity index is 1.42. The molecule has 0 saturated heterocycles. The molecule has 5 rings (SSSR count). The van der Waals surface area contributed by atoms with Gasteiger partial charge in [0.1, 0.15) is 5.75 Å². The number of methoxy groups -OCH3 is 1. The SMILES string of the molecule is COc1ccc(/C=C2\C=C[C@@H]3CC[C@H]4[C@@H](CC[C@@]5(C)CCC[C@@H]45)[C@]3(C)C2)cc1. The molecule has 150 valence electrons. The van der Waals surface area contributed by atoms with Crippen LogP contribution in [-0.4, -0.2) is 7.11 Å². The summed E-state index contributed by atoms with van der Waals surface area (Å²) in [6.45, 7) is 5.25. The summed E-state index contributed by atoms with van der Waals surface area (Å²) < 4.78 is 5.31. The van der Waals surface area contributed by atoms with Gasteiger partial charge in [-0.25, -0.2) is 0 Å². The van der Waals surface area contributed by atoms with Gasteiger partial charge in [-0.3, -0.25) is 0 Å². The van der Waals surface area contributed by atoms with Crippen molar-refractivity contribution < 1.29 is 4.74 Å². The molecule has 0 aromatic heterocycles. The molecule has 28 heavy (non-hydrogen) atoms. The maximum Gasteiger partial charge on any atom is 0.118 e. The zero-order valence-electron chi connectivity index (χ0n) is 17.9. The fourth-order valence-corrected chi connectivity index (χ4v) is 7.81. The molecule has 1 aromatic rings. The normalized spacial score (nSPS) is 43.3. The van der Waals surface area contributed by atoms with Crippen molar-refractivity contribution in [2.24, 2.45) is 34.5 Å². The Labute approximate surface area is 171 Å². The number of fused-ring (bicyclic) bond motifs is 5. The van der Waals surface area contributed by atoms with Gasteiger partial charge >= 0.3 is 0 Å². The van der Waals surface area contributed by atoms with Gasteiger partial charge in [0, 0.05) is 0 Å². The van der Waals surface area contributed by atoms with E-state index in [1.807, 2.05) is 0 Å². The summed E-state index contributed by atoms with van der Waals surface area (Å²) in [6, 6.07) is 8.51. The molecule has 0 bridgehead atoms. The van der Waals surface area contributed by atoms with Gasteiger partial charge in [0.15, 0.2) is 0 Å². The van der Waals surface area contributed by atoms with Crippen molar-refractivity contribution in [3.05, 3.63) is 47.6 Å². The fourth-order valence-electron chi connectivity index (χ4n) is 7.81. The lowest BCUT2D eigenvalue weighted by Crippen LogP contribution is -2.51. The van der Waals surface area contributed by atoms with Gasteiger partial charge in [0.25, 0.3) is 0 Å². The smallest absolute Gasteiger partial charge is 0.118 e. The van der Waals surface area contributed by atoms with Crippen molar-refractivity contribution in [3.8, 4) is 5.75 Å². The maximum atomic E-state index is 5.31. The van der Waals surface area contributed by atoms with Crippen LogP contribution in [0.2, 0.25) is 0 Å². The molecule has 3 saturated carbocycles. The highest BCUT2D eigenvalue weighted by molar-refractivity contribution is 5.57. The van der Waals surface area contributed by atoms with Gasteiger partial charge in [0.2, 0.25) is 0 Å². The quantitative estimate of drug-likeness (QED) is 0.526. The molecular formula is C27H36O. The number of hydrogen-bond donors (Lipinski definition) is 0. The molecule has 4 aliphatic carbocycles. The Hall–Kier alpha value is -1.50. The zero-order valence-corrected chi connectivity index (χ0v) is 17.9. The van der Waals surface area contributed by atoms with Crippen LogP contribution in [0, 0.1) is 34.5 Å². The molecule has 0 amide bonds. The van der Waals surface area contributed by atoms with Gasteiger partial charge in [0.05, 0.1) is 7.11 Å². The first kappa shape index (κ1) is 18.5. The van der Waals surface area contributed by atoms with E-state index in [1.54, 1.807) is 7.11 Å². The average Bonchev–Trinajstić information content (AvgIpc) is 3.10. The van der Waals surface area contributed by atoms with Crippen LogP contribution < -0.4 is 4.74 Å². The van der Waals surface area contributed by atoms with Gasteiger partial charge < -0.3 is 4.74 Å². The average molecular weight is 377 g/mol. The van der Waals surface area contributed by atoms with E-state index in [0.717, 1.165) is 29.4 Å². The van der Waals surface area contributed by atoms with Crippen molar-refractivity contribution in [2.45, 2.75) is 65.2 Å². The number of hydrogen-bond acceptors (Lipinski definition) is 1. The topological polar surface area (TPSA) is 9.23 Å². The molecule has 0 radical (unpaired) electrons. The lowest BCUT2D eigenvalue weighted by atomic mass is 9.46. The standard InChI is InChI=1S/C27H36O/c1-26-15-4-5-24(26)23-13-10-21-9-6-20(18-27(21,2)25(23)14-16-26)17-19-7-11-22(28-3)12-8-19/h6-9,11-12,17,21,23-25H,4-5,10,13-16,18H2,1-3H3/b20-17+/t21-,23-,24+,25-,26-,27-/m1/s1. The molecule has 1 nitrogen and oxygen atoms in total. The van der Waals surface area contributed by atoms with E-state index >= 15 is 0 Å². The van der Waals surface area contributed by atoms with Gasteiger partial charge in [-0.15, -0.1) is 0 Å². The lowest BCUT2D eigenvalue weighted by molar-refractivity contribution is -0.0761. The van der Waals surface area contributed by atoms with Crippen LogP contribution in [0.25, 0.3) is 6.08 Å². The van der Waals surface area contributed by atoms with Gasteiger partial charge in [-0.05, 0) is 103 Å². The van der Waals surface area contributed by atoms with E-state index in [0.29, 0.717) is 10.8 Å². The number of benzene rings is 1. The van der Waals surface area contributed by atoms with Crippen LogP contribution in [0.1, 0.15) is 70.8 Å². The summed E-state index contributed by atoms with van der Waals surface area (Å²) >= 11 is 0. The maximum absolute atomic E-state index is 5.31. The Morgan fingerprint density at radius 1 is 0.964 bits per heavy atom. The largest absolute Gasteiger partial charge is 0.497 e. The minimum atomic E-state index is 0.458. The second-order valence-electron chi connectivity index (χ2n) is 10.7. The Bertz CT molecular complexity index is 787. The minimum absolute atomic E-state index is 0.458. The Kier molecular flexibility index (Phi) is 4.49. The second kappa shape index (κ2) is 6.78. The summed E-state index contributed by atoms with van der Waals surface area (Å²) in [5, 5.41) is 0. The van der Waals surface area contributed by atoms with Crippen LogP contribution in [0.3, 0.4) is 0 Å². The van der Waals surface area contributed by atoms with E-state index in [-0.39, 0.29) is 0 Å². The van der Waals surface area contributed by atoms with E-state index < -0.39 is 0 Å². The van der Waals surface area contributed by atoms with E-state index in [4.69, 9.17) is 4.74 Å². The first-order chi connectivity index (χ1) is 13.5. The van der Waals surface area contributed by atoms with Crippen molar-refractivity contribution in [1.82, 2.24) is 0 Å². The molecule has 1 heteroatoms. The Morgan fingerprint density at radius 3 is 2.57 bits per heavy atom. The summed E-state index contributed by atoms with van der Waals surface area (Å²) in [6.07, 6.45) is 19.0. The predicted molar refractivity (Wildman–Crippen MR) is 117 cm³/mol. The summed E-state index contributed by atoms with van der Waals surface area (Å²) in [5.74, 6) is 4.63. The summed E-state index contributed by atoms with van der Waals surface area (Å²) in [7, 11) is 1.73. The molecule has 0 spiro atoms. The molecule has 0 aliphatic heterocycles. The highest BCUT2D eigenvalue weighted by Crippen LogP contribution is 2.65. The van der Waals surface area contributed by atoms with Gasteiger partial charge in [-0.2, -0.15) is 0 Å². The first-order valence-electron chi connectivity index (χ1n) is 11.5. The lowest BCUT2D eigenvalue weighted by Gasteiger charge is -2.59. The molecule has 0 unspecified atom stereocenters. The van der Waals surface area contributed by atoms with E-state index in [1.165, 1.54) is 62.5 Å². The fraction of sp³-hybridized carbons (Fsp3) is 0.630. The van der Waals surface area contributed by atoms with E-state index in [2.05, 4.69) is 56.3 Å². The molecule has 1 aromatic carbocycles. The van der Waals surface area contributed by atoms with Crippen LogP contribution in [0.15, 0.2) is 42.0 Å². The molecule has 0 heterocycles. The summed E-state index contributed by atoms with van der Waals surface area (Å²) in [4.78, 5) is 0. The zero-order chi connectivity index (χ0) is 19.4. The molecule has 6 atom stereocenters. The van der Waals surface area contributed by atoms with Crippen LogP contribution >= 0.6 is 0 Å². The Morgan fingerprint density at radius 2 is 1.79 bits per heavy atom. The van der Waals surface area contributed by atoms with Crippen molar-refractivity contribution in [2.75, 3.05) is 7.11 Å². The van der Waals surface area contributed by atoms with Crippen LogP contribution in [0.5, 0.6) is 5.75 Å². The first-order valence-corrected chi connectivity index (χ1v) is 11.5. The molecule has 3 fully saturated rings. The van der Waals surface area contributed by atoms with Gasteiger partial charge in [-0.1, -0.05) is 50.6 Å². The molecule has 4 aliphatic rings. The summed E-state index contributed by atoms with van der Waals surface area (Å²) in [5.41, 5.74) is 3.93. The van der Waals surface area contributed by atoms with Crippen molar-refractivity contribution in [3.63, 3.8) is 0 Å². The third kappa shape index (κ3) is 2.88. The van der Waals surface area contributed by atoms with E-state index in [9.17, 15) is 0 Å². The molecule has 0 N–H and O–H groups in total. The predicted octanol–water partition coefficient (Wildman–Crippen LogP) is 7.29. The third-order valence-corrected chi connectivity index (χ3v) is 9.32. The molecular weight excluding hydrogens is 340 g/mol. The second-order valence-corrected chi connectivity index (χ2v) is 10.7. The number of allylic oxidation sites excluding steroid dienone is 3. The van der Waals surface area contributed by atoms with Crippen LogP contribution in [0.4, 0.5) is 0 Å². The number of rotatable bonds is 2. The van der Waals surface area contributed by atoms with Crippen molar-refractivity contribution >= 4 is 6.08 Å². The monoisotopic (exact) mass is 376 g/mol. The number of ether oxygens (including phenoxy) is 1.